The van der Waals surface area contributed by atoms with Crippen molar-refractivity contribution in [3.8, 4) is 0 Å². The predicted molar refractivity (Wildman–Crippen MR) is 79.6 cm³/mol. The average molecular weight is 251 g/mol. The van der Waals surface area contributed by atoms with Gasteiger partial charge in [0.1, 0.15) is 12.4 Å². The Morgan fingerprint density at radius 3 is 2.89 bits per heavy atom. The molecule has 0 N–H and O–H groups in total. The highest BCUT2D eigenvalue weighted by Gasteiger charge is 1.99. The van der Waals surface area contributed by atoms with Crippen molar-refractivity contribution in [2.24, 2.45) is 0 Å². The van der Waals surface area contributed by atoms with E-state index in [0.29, 0.717) is 6.61 Å². The summed E-state index contributed by atoms with van der Waals surface area (Å²) in [6, 6.07) is 12.1. The molecule has 2 nitrogen and oxygen atoms in total. The van der Waals surface area contributed by atoms with E-state index in [1.54, 1.807) is 6.08 Å². The number of fused-ring (bicyclic) bond motifs is 1. The summed E-state index contributed by atoms with van der Waals surface area (Å²) in [6.45, 7) is 6.08. The zero-order valence-corrected chi connectivity index (χ0v) is 11.0. The Kier molecular flexibility index (Phi) is 4.51. The summed E-state index contributed by atoms with van der Waals surface area (Å²) in [5, 5.41) is 1.14. The normalized spacial score (nSPS) is 11.9. The van der Waals surface area contributed by atoms with E-state index in [4.69, 9.17) is 4.74 Å². The molecule has 0 amide bonds. The minimum Gasteiger partial charge on any atom is -0.487 e. The van der Waals surface area contributed by atoms with Gasteiger partial charge in [0.2, 0.25) is 0 Å². The van der Waals surface area contributed by atoms with E-state index in [9.17, 15) is 0 Å². The molecule has 0 aliphatic rings. The fraction of sp³-hybridized carbons (Fsp3) is 0.118. The Balaban J connectivity index is 2.13. The second kappa shape index (κ2) is 6.55. The number of rotatable bonds is 5. The van der Waals surface area contributed by atoms with Gasteiger partial charge < -0.3 is 4.74 Å². The Morgan fingerprint density at radius 1 is 1.26 bits per heavy atom. The molecule has 0 saturated carbocycles. The summed E-state index contributed by atoms with van der Waals surface area (Å²) >= 11 is 0. The van der Waals surface area contributed by atoms with Crippen molar-refractivity contribution in [3.05, 3.63) is 78.7 Å². The Labute approximate surface area is 113 Å². The number of ether oxygens (including phenoxy) is 1. The van der Waals surface area contributed by atoms with E-state index >= 15 is 0 Å². The molecule has 1 heterocycles. The molecule has 0 unspecified atom stereocenters. The van der Waals surface area contributed by atoms with Crippen LogP contribution in [-0.2, 0) is 11.3 Å². The maximum Gasteiger partial charge on any atom is 0.130 e. The third-order valence-electron chi connectivity index (χ3n) is 2.66. The molecule has 2 heteroatoms. The van der Waals surface area contributed by atoms with Gasteiger partial charge >= 0.3 is 0 Å². The van der Waals surface area contributed by atoms with Gasteiger partial charge in [-0.3, -0.25) is 0 Å². The third kappa shape index (κ3) is 3.55. The van der Waals surface area contributed by atoms with E-state index in [-0.39, 0.29) is 0 Å². The van der Waals surface area contributed by atoms with Crippen LogP contribution in [0.2, 0.25) is 0 Å². The topological polar surface area (TPSA) is 22.1 Å². The fourth-order valence-corrected chi connectivity index (χ4v) is 1.78. The second-order valence-corrected chi connectivity index (χ2v) is 4.09. The lowest BCUT2D eigenvalue weighted by atomic mass is 10.2. The number of benzene rings is 1. The monoisotopic (exact) mass is 251 g/mol. The van der Waals surface area contributed by atoms with E-state index < -0.39 is 0 Å². The van der Waals surface area contributed by atoms with Crippen molar-refractivity contribution in [1.29, 1.82) is 0 Å². The molecule has 0 aliphatic carbocycles. The van der Waals surface area contributed by atoms with E-state index in [1.807, 2.05) is 49.4 Å². The first kappa shape index (κ1) is 13.1. The lowest BCUT2D eigenvalue weighted by Gasteiger charge is -2.07. The van der Waals surface area contributed by atoms with Crippen LogP contribution in [0.4, 0.5) is 0 Å². The van der Waals surface area contributed by atoms with E-state index in [1.165, 1.54) is 0 Å². The maximum absolute atomic E-state index is 5.70. The molecule has 0 spiro atoms. The molecule has 2 aromatic rings. The van der Waals surface area contributed by atoms with Crippen LogP contribution < -0.4 is 0 Å². The lowest BCUT2D eigenvalue weighted by Crippen LogP contribution is -1.95. The number of pyridine rings is 1. The van der Waals surface area contributed by atoms with Crippen LogP contribution in [0.25, 0.3) is 10.9 Å². The SMILES string of the molecule is C=C/C=C(\C=C/C)OCc1ccc2ccccc2n1. The number of nitrogens with zero attached hydrogens (tertiary/aromatic N) is 1. The molecule has 96 valence electrons. The number of allylic oxidation sites excluding steroid dienone is 4. The number of hydrogen-bond acceptors (Lipinski definition) is 2. The number of hydrogen-bond donors (Lipinski definition) is 0. The zero-order valence-electron chi connectivity index (χ0n) is 11.0. The second-order valence-electron chi connectivity index (χ2n) is 4.09. The van der Waals surface area contributed by atoms with Crippen molar-refractivity contribution >= 4 is 10.9 Å². The third-order valence-corrected chi connectivity index (χ3v) is 2.66. The first-order valence-electron chi connectivity index (χ1n) is 6.26. The predicted octanol–water partition coefficient (Wildman–Crippen LogP) is 4.40. The number of para-hydroxylation sites is 1. The molecule has 1 aromatic heterocycles. The van der Waals surface area contributed by atoms with Crippen LogP contribution >= 0.6 is 0 Å². The highest BCUT2D eigenvalue weighted by Crippen LogP contribution is 2.13. The lowest BCUT2D eigenvalue weighted by molar-refractivity contribution is 0.208. The molecular weight excluding hydrogens is 234 g/mol. The summed E-state index contributed by atoms with van der Waals surface area (Å²) in [4.78, 5) is 4.57. The van der Waals surface area contributed by atoms with Gasteiger partial charge in [0.15, 0.2) is 0 Å². The Bertz CT molecular complexity index is 626. The highest BCUT2D eigenvalue weighted by molar-refractivity contribution is 5.78. The van der Waals surface area contributed by atoms with Crippen LogP contribution in [0.3, 0.4) is 0 Å². The fourth-order valence-electron chi connectivity index (χ4n) is 1.78. The van der Waals surface area contributed by atoms with E-state index in [0.717, 1.165) is 22.4 Å². The number of aromatic nitrogens is 1. The van der Waals surface area contributed by atoms with Gasteiger partial charge in [-0.1, -0.05) is 43.0 Å². The maximum atomic E-state index is 5.70. The Hall–Kier alpha value is -2.35. The summed E-state index contributed by atoms with van der Waals surface area (Å²) in [5.74, 6) is 0.785. The molecule has 0 radical (unpaired) electrons. The minimum absolute atomic E-state index is 0.453. The average Bonchev–Trinajstić information content (AvgIpc) is 2.45. The van der Waals surface area contributed by atoms with Gasteiger partial charge in [-0.15, -0.1) is 0 Å². The minimum atomic E-state index is 0.453. The largest absolute Gasteiger partial charge is 0.487 e. The Morgan fingerprint density at radius 2 is 2.11 bits per heavy atom. The molecule has 0 atom stereocenters. The van der Waals surface area contributed by atoms with Crippen LogP contribution in [0.15, 0.2) is 73.0 Å². The molecule has 19 heavy (non-hydrogen) atoms. The van der Waals surface area contributed by atoms with Gasteiger partial charge in [0.05, 0.1) is 11.2 Å². The van der Waals surface area contributed by atoms with Crippen molar-refractivity contribution in [1.82, 2.24) is 4.98 Å². The summed E-state index contributed by atoms with van der Waals surface area (Å²) in [5.41, 5.74) is 1.90. The first-order chi connectivity index (χ1) is 9.33. The van der Waals surface area contributed by atoms with Crippen LogP contribution in [0, 0.1) is 0 Å². The van der Waals surface area contributed by atoms with Gasteiger partial charge in [0, 0.05) is 5.39 Å². The molecule has 2 rings (SSSR count). The van der Waals surface area contributed by atoms with Crippen molar-refractivity contribution in [2.75, 3.05) is 0 Å². The van der Waals surface area contributed by atoms with Crippen molar-refractivity contribution < 1.29 is 4.74 Å². The first-order valence-corrected chi connectivity index (χ1v) is 6.26. The highest BCUT2D eigenvalue weighted by atomic mass is 16.5. The van der Waals surface area contributed by atoms with E-state index in [2.05, 4.69) is 23.7 Å². The van der Waals surface area contributed by atoms with Gasteiger partial charge in [0.25, 0.3) is 0 Å². The molecule has 0 bridgehead atoms. The summed E-state index contributed by atoms with van der Waals surface area (Å²) < 4.78 is 5.70. The zero-order chi connectivity index (χ0) is 13.5. The molecule has 0 saturated heterocycles. The van der Waals surface area contributed by atoms with Crippen LogP contribution in [0.5, 0.6) is 0 Å². The van der Waals surface area contributed by atoms with Crippen molar-refractivity contribution in [3.63, 3.8) is 0 Å². The van der Waals surface area contributed by atoms with Gasteiger partial charge in [-0.2, -0.15) is 0 Å². The summed E-state index contributed by atoms with van der Waals surface area (Å²) in [6.07, 6.45) is 7.39. The summed E-state index contributed by atoms with van der Waals surface area (Å²) in [7, 11) is 0. The molecular formula is C17H17NO. The van der Waals surface area contributed by atoms with Crippen LogP contribution in [-0.4, -0.2) is 4.98 Å². The van der Waals surface area contributed by atoms with Crippen molar-refractivity contribution in [2.45, 2.75) is 13.5 Å². The quantitative estimate of drug-likeness (QED) is 0.580. The standard InChI is InChI=1S/C17H17NO/c1-3-7-16(8-4-2)19-13-15-12-11-14-9-5-6-10-17(14)18-15/h3-12H,1,13H2,2H3/b8-4-,16-7+. The molecule has 0 aliphatic heterocycles. The van der Waals surface area contributed by atoms with Crippen LogP contribution in [0.1, 0.15) is 12.6 Å². The molecule has 1 aromatic carbocycles. The smallest absolute Gasteiger partial charge is 0.130 e. The molecule has 0 fully saturated rings. The van der Waals surface area contributed by atoms with Gasteiger partial charge in [-0.25, -0.2) is 4.98 Å². The van der Waals surface area contributed by atoms with Gasteiger partial charge in [-0.05, 0) is 31.2 Å².